The van der Waals surface area contributed by atoms with Gasteiger partial charge in [-0.25, -0.2) is 4.98 Å². The number of aromatic nitrogens is 3. The molecule has 16 heavy (non-hydrogen) atoms. The molecule has 4 nitrogen and oxygen atoms in total. The van der Waals surface area contributed by atoms with Gasteiger partial charge in [-0.3, -0.25) is 9.78 Å². The highest BCUT2D eigenvalue weighted by Gasteiger charge is 2.07. The lowest BCUT2D eigenvalue weighted by molar-refractivity contribution is 1.03. The van der Waals surface area contributed by atoms with Crippen LogP contribution < -0.4 is 5.56 Å². The van der Waals surface area contributed by atoms with E-state index >= 15 is 0 Å². The van der Waals surface area contributed by atoms with Crippen LogP contribution in [0.3, 0.4) is 0 Å². The van der Waals surface area contributed by atoms with E-state index in [4.69, 9.17) is 0 Å². The number of nitrogens with one attached hydrogen (secondary N) is 1. The number of aryl methyl sites for hydroxylation is 2. The maximum absolute atomic E-state index is 11.4. The van der Waals surface area contributed by atoms with E-state index in [0.717, 1.165) is 17.7 Å². The first-order chi connectivity index (χ1) is 7.70. The maximum atomic E-state index is 11.4. The molecule has 0 spiro atoms. The molecule has 2 aromatic rings. The second-order valence-electron chi connectivity index (χ2n) is 3.60. The van der Waals surface area contributed by atoms with Crippen LogP contribution in [-0.4, -0.2) is 15.0 Å². The van der Waals surface area contributed by atoms with Crippen LogP contribution in [0.4, 0.5) is 0 Å². The molecule has 0 unspecified atom stereocenters. The van der Waals surface area contributed by atoms with E-state index in [1.807, 2.05) is 12.1 Å². The van der Waals surface area contributed by atoms with Crippen molar-refractivity contribution in [2.24, 2.45) is 0 Å². The number of nitrogens with zero attached hydrogens (tertiary/aromatic N) is 2. The Kier molecular flexibility index (Phi) is 2.81. The second kappa shape index (κ2) is 4.26. The molecule has 0 saturated carbocycles. The largest absolute Gasteiger partial charge is 0.305 e. The molecule has 2 heterocycles. The maximum Gasteiger partial charge on any atom is 0.251 e. The van der Waals surface area contributed by atoms with Crippen LogP contribution in [0.25, 0.3) is 11.5 Å². The zero-order chi connectivity index (χ0) is 11.5. The molecule has 0 bridgehead atoms. The Balaban J connectivity index is 2.62. The van der Waals surface area contributed by atoms with Crippen molar-refractivity contribution >= 4 is 0 Å². The van der Waals surface area contributed by atoms with Gasteiger partial charge in [0.25, 0.3) is 5.56 Å². The van der Waals surface area contributed by atoms with Crippen molar-refractivity contribution in [1.82, 2.24) is 15.0 Å². The molecule has 4 heteroatoms. The molecule has 0 aromatic carbocycles. The molecule has 0 atom stereocenters. The zero-order valence-electron chi connectivity index (χ0n) is 9.32. The topological polar surface area (TPSA) is 58.6 Å². The summed E-state index contributed by atoms with van der Waals surface area (Å²) in [5, 5.41) is 0. The van der Waals surface area contributed by atoms with Crippen molar-refractivity contribution in [3.8, 4) is 11.5 Å². The summed E-state index contributed by atoms with van der Waals surface area (Å²) in [6.07, 6.45) is 2.57. The molecule has 0 aliphatic rings. The summed E-state index contributed by atoms with van der Waals surface area (Å²) in [5.41, 5.74) is 2.39. The van der Waals surface area contributed by atoms with E-state index in [9.17, 15) is 4.79 Å². The third kappa shape index (κ3) is 2.00. The van der Waals surface area contributed by atoms with Crippen molar-refractivity contribution in [2.45, 2.75) is 20.3 Å². The van der Waals surface area contributed by atoms with Crippen LogP contribution in [0.2, 0.25) is 0 Å². The number of hydrogen-bond donors (Lipinski definition) is 1. The van der Waals surface area contributed by atoms with Gasteiger partial charge in [0.15, 0.2) is 5.82 Å². The Morgan fingerprint density at radius 1 is 1.44 bits per heavy atom. The third-order valence-electron chi connectivity index (χ3n) is 2.37. The Morgan fingerprint density at radius 2 is 2.25 bits per heavy atom. The fraction of sp³-hybridized carbons (Fsp3) is 0.250. The molecule has 0 fully saturated rings. The molecule has 0 amide bonds. The smallest absolute Gasteiger partial charge is 0.251 e. The molecule has 1 N–H and O–H groups in total. The first-order valence-corrected chi connectivity index (χ1v) is 5.23. The first-order valence-electron chi connectivity index (χ1n) is 5.23. The summed E-state index contributed by atoms with van der Waals surface area (Å²) >= 11 is 0. The molecule has 82 valence electrons. The number of aromatic amines is 1. The fourth-order valence-corrected chi connectivity index (χ4v) is 1.63. The lowest BCUT2D eigenvalue weighted by Crippen LogP contribution is -2.10. The normalized spacial score (nSPS) is 10.4. The van der Waals surface area contributed by atoms with E-state index in [2.05, 4.69) is 21.9 Å². The van der Waals surface area contributed by atoms with Gasteiger partial charge in [0.05, 0.1) is 0 Å². The van der Waals surface area contributed by atoms with Crippen molar-refractivity contribution in [1.29, 1.82) is 0 Å². The lowest BCUT2D eigenvalue weighted by Gasteiger charge is -2.05. The molecular formula is C12H13N3O. The van der Waals surface area contributed by atoms with Crippen molar-refractivity contribution in [2.75, 3.05) is 0 Å². The van der Waals surface area contributed by atoms with Crippen LogP contribution in [0.1, 0.15) is 18.2 Å². The number of H-pyrrole nitrogens is 1. The Hall–Kier alpha value is -1.97. The number of pyridine rings is 1. The average Bonchev–Trinajstić information content (AvgIpc) is 2.27. The zero-order valence-corrected chi connectivity index (χ0v) is 9.32. The predicted octanol–water partition coefficient (Wildman–Crippen LogP) is 1.70. The highest BCUT2D eigenvalue weighted by atomic mass is 16.1. The standard InChI is InChI=1S/C12H13N3O/c1-3-9-5-4-6-13-11(9)12-14-8(2)7-10(16)15-12/h4-7H,3H2,1-2H3,(H,14,15,16). The highest BCUT2D eigenvalue weighted by molar-refractivity contribution is 5.54. The fourth-order valence-electron chi connectivity index (χ4n) is 1.63. The van der Waals surface area contributed by atoms with Crippen molar-refractivity contribution < 1.29 is 0 Å². The van der Waals surface area contributed by atoms with E-state index in [0.29, 0.717) is 11.5 Å². The van der Waals surface area contributed by atoms with Crippen LogP contribution in [-0.2, 0) is 6.42 Å². The van der Waals surface area contributed by atoms with E-state index < -0.39 is 0 Å². The molecule has 0 aliphatic heterocycles. The van der Waals surface area contributed by atoms with E-state index in [1.165, 1.54) is 6.07 Å². The quantitative estimate of drug-likeness (QED) is 0.829. The van der Waals surface area contributed by atoms with Crippen LogP contribution >= 0.6 is 0 Å². The minimum atomic E-state index is -0.143. The van der Waals surface area contributed by atoms with E-state index in [-0.39, 0.29) is 5.56 Å². The van der Waals surface area contributed by atoms with Gasteiger partial charge in [-0.1, -0.05) is 13.0 Å². The van der Waals surface area contributed by atoms with Gasteiger partial charge < -0.3 is 4.98 Å². The van der Waals surface area contributed by atoms with Crippen LogP contribution in [0.5, 0.6) is 0 Å². The Bertz CT molecular complexity index is 560. The van der Waals surface area contributed by atoms with Gasteiger partial charge >= 0.3 is 0 Å². The monoisotopic (exact) mass is 215 g/mol. The molecule has 0 aliphatic carbocycles. The van der Waals surface area contributed by atoms with Gasteiger partial charge in [0.1, 0.15) is 5.69 Å². The lowest BCUT2D eigenvalue weighted by atomic mass is 10.1. The SMILES string of the molecule is CCc1cccnc1-c1nc(C)cc(=O)[nH]1. The van der Waals surface area contributed by atoms with Crippen molar-refractivity contribution in [3.05, 3.63) is 46.0 Å². The van der Waals surface area contributed by atoms with Gasteiger partial charge in [0, 0.05) is 18.0 Å². The van der Waals surface area contributed by atoms with Gasteiger partial charge in [-0.05, 0) is 25.0 Å². The summed E-state index contributed by atoms with van der Waals surface area (Å²) in [7, 11) is 0. The second-order valence-corrected chi connectivity index (χ2v) is 3.60. The van der Waals surface area contributed by atoms with Crippen molar-refractivity contribution in [3.63, 3.8) is 0 Å². The summed E-state index contributed by atoms with van der Waals surface area (Å²) in [4.78, 5) is 22.6. The predicted molar refractivity (Wildman–Crippen MR) is 62.2 cm³/mol. The molecule has 0 radical (unpaired) electrons. The Morgan fingerprint density at radius 3 is 2.94 bits per heavy atom. The molecule has 2 rings (SSSR count). The number of rotatable bonds is 2. The van der Waals surface area contributed by atoms with Crippen LogP contribution in [0, 0.1) is 6.92 Å². The summed E-state index contributed by atoms with van der Waals surface area (Å²) in [6, 6.07) is 5.35. The van der Waals surface area contributed by atoms with Gasteiger partial charge in [-0.15, -0.1) is 0 Å². The van der Waals surface area contributed by atoms with Gasteiger partial charge in [-0.2, -0.15) is 0 Å². The average molecular weight is 215 g/mol. The summed E-state index contributed by atoms with van der Waals surface area (Å²) < 4.78 is 0. The molecular weight excluding hydrogens is 202 g/mol. The minimum absolute atomic E-state index is 0.143. The van der Waals surface area contributed by atoms with Crippen LogP contribution in [0.15, 0.2) is 29.2 Å². The summed E-state index contributed by atoms with van der Waals surface area (Å²) in [5.74, 6) is 0.544. The van der Waals surface area contributed by atoms with Gasteiger partial charge in [0.2, 0.25) is 0 Å². The first kappa shape index (κ1) is 10.5. The van der Waals surface area contributed by atoms with E-state index in [1.54, 1.807) is 13.1 Å². The Labute approximate surface area is 93.4 Å². The third-order valence-corrected chi connectivity index (χ3v) is 2.37. The minimum Gasteiger partial charge on any atom is -0.305 e. The highest BCUT2D eigenvalue weighted by Crippen LogP contribution is 2.16. The summed E-state index contributed by atoms with van der Waals surface area (Å²) in [6.45, 7) is 3.85. The number of hydrogen-bond acceptors (Lipinski definition) is 3. The molecule has 0 saturated heterocycles. The molecule has 2 aromatic heterocycles.